The van der Waals surface area contributed by atoms with Crippen LogP contribution < -0.4 is 5.32 Å². The van der Waals surface area contributed by atoms with Gasteiger partial charge in [-0.3, -0.25) is 0 Å². The quantitative estimate of drug-likeness (QED) is 0.862. The van der Waals surface area contributed by atoms with E-state index in [0.717, 1.165) is 18.7 Å². The Morgan fingerprint density at radius 3 is 2.78 bits per heavy atom. The van der Waals surface area contributed by atoms with Crippen molar-refractivity contribution >= 4 is 11.6 Å². The van der Waals surface area contributed by atoms with Crippen LogP contribution in [0.3, 0.4) is 0 Å². The van der Waals surface area contributed by atoms with Gasteiger partial charge in [-0.05, 0) is 50.6 Å². The molecule has 100 valence electrons. The smallest absolute Gasteiger partial charge is 0.134 e. The maximum Gasteiger partial charge on any atom is 0.134 e. The molecule has 1 aliphatic heterocycles. The van der Waals surface area contributed by atoms with Crippen molar-refractivity contribution in [2.45, 2.75) is 32.4 Å². The molecule has 1 atom stereocenters. The molecule has 1 saturated heterocycles. The first-order valence-electron chi connectivity index (χ1n) is 6.58. The summed E-state index contributed by atoms with van der Waals surface area (Å²) in [5.41, 5.74) is 1.10. The van der Waals surface area contributed by atoms with Gasteiger partial charge < -0.3 is 15.3 Å². The van der Waals surface area contributed by atoms with Crippen molar-refractivity contribution in [2.24, 2.45) is 0 Å². The van der Waals surface area contributed by atoms with Gasteiger partial charge in [-0.15, -0.1) is 0 Å². The van der Waals surface area contributed by atoms with E-state index in [-0.39, 0.29) is 5.75 Å². The standard InChI is InChI=1S/C14H21ClN2O/c1-11(10-17-6-2-3-7-17)16-9-12-4-5-14(18)13(15)8-12/h4-5,8,11,16,18H,2-3,6-7,9-10H2,1H3. The average molecular weight is 269 g/mol. The Kier molecular flexibility index (Phi) is 4.87. The number of benzene rings is 1. The second kappa shape index (κ2) is 6.41. The molecule has 18 heavy (non-hydrogen) atoms. The summed E-state index contributed by atoms with van der Waals surface area (Å²) >= 11 is 5.88. The molecule has 0 radical (unpaired) electrons. The predicted molar refractivity (Wildman–Crippen MR) is 75.1 cm³/mol. The molecule has 1 aromatic rings. The Morgan fingerprint density at radius 2 is 2.11 bits per heavy atom. The Bertz CT molecular complexity index is 391. The molecular weight excluding hydrogens is 248 g/mol. The number of hydrogen-bond acceptors (Lipinski definition) is 3. The normalized spacial score (nSPS) is 18.1. The number of rotatable bonds is 5. The van der Waals surface area contributed by atoms with Gasteiger partial charge in [0.1, 0.15) is 5.75 Å². The number of halogens is 1. The molecule has 0 saturated carbocycles. The molecule has 2 N–H and O–H groups in total. The van der Waals surface area contributed by atoms with Crippen molar-refractivity contribution < 1.29 is 5.11 Å². The molecule has 0 spiro atoms. The van der Waals surface area contributed by atoms with Gasteiger partial charge in [0, 0.05) is 19.1 Å². The first kappa shape index (κ1) is 13.7. The molecule has 4 heteroatoms. The molecule has 0 aliphatic carbocycles. The third-order valence-corrected chi connectivity index (χ3v) is 3.70. The fourth-order valence-corrected chi connectivity index (χ4v) is 2.57. The Hall–Kier alpha value is -0.770. The molecule has 0 aromatic heterocycles. The highest BCUT2D eigenvalue weighted by molar-refractivity contribution is 6.32. The number of nitrogens with zero attached hydrogens (tertiary/aromatic N) is 1. The SMILES string of the molecule is CC(CN1CCCC1)NCc1ccc(O)c(Cl)c1. The van der Waals surface area contributed by atoms with Gasteiger partial charge in [-0.2, -0.15) is 0 Å². The first-order chi connectivity index (χ1) is 8.65. The van der Waals surface area contributed by atoms with Crippen LogP contribution in [0, 0.1) is 0 Å². The zero-order valence-corrected chi connectivity index (χ0v) is 11.6. The molecule has 1 aliphatic rings. The third-order valence-electron chi connectivity index (χ3n) is 3.40. The monoisotopic (exact) mass is 268 g/mol. The lowest BCUT2D eigenvalue weighted by Crippen LogP contribution is -2.37. The largest absolute Gasteiger partial charge is 0.506 e. The van der Waals surface area contributed by atoms with Crippen LogP contribution in [-0.2, 0) is 6.54 Å². The molecule has 0 amide bonds. The van der Waals surface area contributed by atoms with Crippen LogP contribution in [-0.4, -0.2) is 35.7 Å². The van der Waals surface area contributed by atoms with Gasteiger partial charge in [0.15, 0.2) is 0 Å². The van der Waals surface area contributed by atoms with Crippen molar-refractivity contribution in [1.29, 1.82) is 0 Å². The van der Waals surface area contributed by atoms with E-state index in [0.29, 0.717) is 11.1 Å². The highest BCUT2D eigenvalue weighted by Gasteiger charge is 2.14. The zero-order chi connectivity index (χ0) is 13.0. The molecule has 1 heterocycles. The number of aromatic hydroxyl groups is 1. The molecule has 1 unspecified atom stereocenters. The predicted octanol–water partition coefficient (Wildman–Crippen LogP) is 2.62. The number of phenols is 1. The van der Waals surface area contributed by atoms with Crippen molar-refractivity contribution in [3.8, 4) is 5.75 Å². The van der Waals surface area contributed by atoms with Crippen LogP contribution in [0.15, 0.2) is 18.2 Å². The molecule has 0 bridgehead atoms. The fraction of sp³-hybridized carbons (Fsp3) is 0.571. The van der Waals surface area contributed by atoms with Crippen LogP contribution >= 0.6 is 11.6 Å². The van der Waals surface area contributed by atoms with Crippen LogP contribution in [0.1, 0.15) is 25.3 Å². The van der Waals surface area contributed by atoms with E-state index >= 15 is 0 Å². The number of hydrogen-bond donors (Lipinski definition) is 2. The van der Waals surface area contributed by atoms with E-state index in [2.05, 4.69) is 17.1 Å². The number of likely N-dealkylation sites (tertiary alicyclic amines) is 1. The fourth-order valence-electron chi connectivity index (χ4n) is 2.37. The lowest BCUT2D eigenvalue weighted by atomic mass is 10.2. The summed E-state index contributed by atoms with van der Waals surface area (Å²) in [5, 5.41) is 13.3. The van der Waals surface area contributed by atoms with E-state index in [9.17, 15) is 5.11 Å². The summed E-state index contributed by atoms with van der Waals surface area (Å²) in [6.45, 7) is 6.56. The molecule has 3 nitrogen and oxygen atoms in total. The van der Waals surface area contributed by atoms with E-state index in [1.54, 1.807) is 6.07 Å². The maximum absolute atomic E-state index is 9.35. The average Bonchev–Trinajstić information content (AvgIpc) is 2.83. The topological polar surface area (TPSA) is 35.5 Å². The number of nitrogens with one attached hydrogen (secondary N) is 1. The molecule has 1 aromatic carbocycles. The summed E-state index contributed by atoms with van der Waals surface area (Å²) in [6.07, 6.45) is 2.67. The van der Waals surface area contributed by atoms with Gasteiger partial charge in [-0.25, -0.2) is 0 Å². The minimum absolute atomic E-state index is 0.144. The minimum Gasteiger partial charge on any atom is -0.506 e. The lowest BCUT2D eigenvalue weighted by molar-refractivity contribution is 0.298. The first-order valence-corrected chi connectivity index (χ1v) is 6.96. The zero-order valence-electron chi connectivity index (χ0n) is 10.8. The summed E-state index contributed by atoms with van der Waals surface area (Å²) in [7, 11) is 0. The Labute approximate surface area is 114 Å². The van der Waals surface area contributed by atoms with Crippen molar-refractivity contribution in [2.75, 3.05) is 19.6 Å². The van der Waals surface area contributed by atoms with Gasteiger partial charge in [0.2, 0.25) is 0 Å². The van der Waals surface area contributed by atoms with E-state index < -0.39 is 0 Å². The molecule has 1 fully saturated rings. The van der Waals surface area contributed by atoms with Crippen molar-refractivity contribution in [3.05, 3.63) is 28.8 Å². The second-order valence-corrected chi connectivity index (χ2v) is 5.48. The maximum atomic E-state index is 9.35. The van der Waals surface area contributed by atoms with Gasteiger partial charge in [-0.1, -0.05) is 17.7 Å². The molecule has 2 rings (SSSR count). The third kappa shape index (κ3) is 3.87. The van der Waals surface area contributed by atoms with E-state index in [1.165, 1.54) is 25.9 Å². The van der Waals surface area contributed by atoms with Gasteiger partial charge in [0.05, 0.1) is 5.02 Å². The van der Waals surface area contributed by atoms with E-state index in [4.69, 9.17) is 11.6 Å². The van der Waals surface area contributed by atoms with Crippen LogP contribution in [0.25, 0.3) is 0 Å². The summed E-state index contributed by atoms with van der Waals surface area (Å²) in [6, 6.07) is 5.82. The minimum atomic E-state index is 0.144. The lowest BCUT2D eigenvalue weighted by Gasteiger charge is -2.21. The Balaban J connectivity index is 1.77. The number of phenolic OH excluding ortho intramolecular Hbond substituents is 1. The summed E-state index contributed by atoms with van der Waals surface area (Å²) in [5.74, 6) is 0.144. The van der Waals surface area contributed by atoms with Crippen LogP contribution in [0.2, 0.25) is 5.02 Å². The van der Waals surface area contributed by atoms with Gasteiger partial charge in [0.25, 0.3) is 0 Å². The van der Waals surface area contributed by atoms with E-state index in [1.807, 2.05) is 12.1 Å². The highest BCUT2D eigenvalue weighted by Crippen LogP contribution is 2.23. The van der Waals surface area contributed by atoms with Gasteiger partial charge >= 0.3 is 0 Å². The summed E-state index contributed by atoms with van der Waals surface area (Å²) < 4.78 is 0. The van der Waals surface area contributed by atoms with Crippen LogP contribution in [0.5, 0.6) is 5.75 Å². The highest BCUT2D eigenvalue weighted by atomic mass is 35.5. The molecular formula is C14H21ClN2O. The van der Waals surface area contributed by atoms with Crippen LogP contribution in [0.4, 0.5) is 0 Å². The Morgan fingerprint density at radius 1 is 1.39 bits per heavy atom. The van der Waals surface area contributed by atoms with Crippen molar-refractivity contribution in [3.63, 3.8) is 0 Å². The second-order valence-electron chi connectivity index (χ2n) is 5.08. The van der Waals surface area contributed by atoms with Crippen molar-refractivity contribution in [1.82, 2.24) is 10.2 Å². The summed E-state index contributed by atoms with van der Waals surface area (Å²) in [4.78, 5) is 2.50.